The lowest BCUT2D eigenvalue weighted by molar-refractivity contribution is 0.0690. The number of aryl methyl sites for hydroxylation is 1. The van der Waals surface area contributed by atoms with Crippen LogP contribution in [0.3, 0.4) is 0 Å². The number of pyridine rings is 1. The van der Waals surface area contributed by atoms with Crippen LogP contribution in [0.15, 0.2) is 16.9 Å². The van der Waals surface area contributed by atoms with E-state index < -0.39 is 0 Å². The van der Waals surface area contributed by atoms with Crippen LogP contribution in [0.25, 0.3) is 0 Å². The number of aromatic amines is 1. The Kier molecular flexibility index (Phi) is 6.23. The highest BCUT2D eigenvalue weighted by atomic mass is 35.5. The van der Waals surface area contributed by atoms with Crippen LogP contribution in [0.1, 0.15) is 35.8 Å². The molecule has 1 atom stereocenters. The monoisotopic (exact) mass is 299 g/mol. The normalized spacial score (nSPS) is 17.6. The number of carbonyl (C=O) groups is 1. The van der Waals surface area contributed by atoms with Crippen molar-refractivity contribution in [3.63, 3.8) is 0 Å². The van der Waals surface area contributed by atoms with Crippen molar-refractivity contribution in [1.29, 1.82) is 0 Å². The molecule has 20 heavy (non-hydrogen) atoms. The van der Waals surface area contributed by atoms with Gasteiger partial charge >= 0.3 is 0 Å². The molecule has 2 N–H and O–H groups in total. The molecule has 2 heterocycles. The maximum atomic E-state index is 12.5. The van der Waals surface area contributed by atoms with Crippen molar-refractivity contribution >= 4 is 18.3 Å². The number of aromatic nitrogens is 1. The highest BCUT2D eigenvalue weighted by molar-refractivity contribution is 5.94. The molecule has 0 radical (unpaired) electrons. The van der Waals surface area contributed by atoms with E-state index in [1.165, 1.54) is 0 Å². The second kappa shape index (κ2) is 7.45. The molecule has 2 rings (SSSR count). The summed E-state index contributed by atoms with van der Waals surface area (Å²) in [6.07, 6.45) is 1.85. The fourth-order valence-corrected chi connectivity index (χ4v) is 2.49. The van der Waals surface area contributed by atoms with E-state index >= 15 is 0 Å². The SMILES string of the molecule is CCCN(C(=O)c1ccc(C)[nH]c1=O)C1CCNC1.Cl. The first kappa shape index (κ1) is 16.7. The molecule has 0 spiro atoms. The number of nitrogens with zero attached hydrogens (tertiary/aromatic N) is 1. The quantitative estimate of drug-likeness (QED) is 0.881. The van der Waals surface area contributed by atoms with Crippen LogP contribution >= 0.6 is 12.4 Å². The van der Waals surface area contributed by atoms with Crippen molar-refractivity contribution in [1.82, 2.24) is 15.2 Å². The molecule has 112 valence electrons. The number of carbonyl (C=O) groups excluding carboxylic acids is 1. The van der Waals surface area contributed by atoms with Gasteiger partial charge in [0.15, 0.2) is 0 Å². The number of nitrogens with one attached hydrogen (secondary N) is 2. The lowest BCUT2D eigenvalue weighted by Crippen LogP contribution is -2.43. The summed E-state index contributed by atoms with van der Waals surface area (Å²) >= 11 is 0. The van der Waals surface area contributed by atoms with Crippen molar-refractivity contribution in [3.05, 3.63) is 33.7 Å². The van der Waals surface area contributed by atoms with Crippen LogP contribution in [0, 0.1) is 6.92 Å². The van der Waals surface area contributed by atoms with E-state index in [4.69, 9.17) is 0 Å². The second-order valence-electron chi connectivity index (χ2n) is 5.03. The fraction of sp³-hybridized carbons (Fsp3) is 0.571. The summed E-state index contributed by atoms with van der Waals surface area (Å²) in [7, 11) is 0. The van der Waals surface area contributed by atoms with Gasteiger partial charge in [-0.1, -0.05) is 6.92 Å². The van der Waals surface area contributed by atoms with Gasteiger partial charge in [-0.3, -0.25) is 9.59 Å². The smallest absolute Gasteiger partial charge is 0.260 e. The van der Waals surface area contributed by atoms with E-state index in [2.05, 4.69) is 10.3 Å². The van der Waals surface area contributed by atoms with Crippen molar-refractivity contribution in [2.75, 3.05) is 19.6 Å². The van der Waals surface area contributed by atoms with Gasteiger partial charge < -0.3 is 15.2 Å². The summed E-state index contributed by atoms with van der Waals surface area (Å²) in [6.45, 7) is 6.29. The Labute approximate surface area is 125 Å². The van der Waals surface area contributed by atoms with Crippen molar-refractivity contribution in [2.24, 2.45) is 0 Å². The second-order valence-corrected chi connectivity index (χ2v) is 5.03. The van der Waals surface area contributed by atoms with Gasteiger partial charge in [-0.15, -0.1) is 12.4 Å². The van der Waals surface area contributed by atoms with E-state index in [1.807, 2.05) is 11.8 Å². The number of H-pyrrole nitrogens is 1. The molecule has 1 fully saturated rings. The van der Waals surface area contributed by atoms with Gasteiger partial charge in [0.25, 0.3) is 11.5 Å². The molecule has 1 unspecified atom stereocenters. The molecule has 1 amide bonds. The first-order valence-electron chi connectivity index (χ1n) is 6.85. The topological polar surface area (TPSA) is 65.2 Å². The molecule has 0 aliphatic carbocycles. The number of halogens is 1. The lowest BCUT2D eigenvalue weighted by atomic mass is 10.1. The van der Waals surface area contributed by atoms with Gasteiger partial charge in [0.1, 0.15) is 5.56 Å². The third-order valence-electron chi connectivity index (χ3n) is 3.49. The summed E-state index contributed by atoms with van der Waals surface area (Å²) in [6, 6.07) is 3.60. The molecule has 1 aliphatic rings. The lowest BCUT2D eigenvalue weighted by Gasteiger charge is -2.28. The molecule has 1 aliphatic heterocycles. The predicted octanol–water partition coefficient (Wildman–Crippen LogP) is 1.32. The van der Waals surface area contributed by atoms with Crippen LogP contribution in [0.2, 0.25) is 0 Å². The maximum absolute atomic E-state index is 12.5. The van der Waals surface area contributed by atoms with E-state index in [0.717, 1.165) is 31.6 Å². The van der Waals surface area contributed by atoms with Crippen LogP contribution in [0.5, 0.6) is 0 Å². The highest BCUT2D eigenvalue weighted by Gasteiger charge is 2.27. The van der Waals surface area contributed by atoms with Crippen LogP contribution in [-0.4, -0.2) is 41.5 Å². The Hall–Kier alpha value is -1.33. The van der Waals surface area contributed by atoms with Crippen molar-refractivity contribution in [3.8, 4) is 0 Å². The third-order valence-corrected chi connectivity index (χ3v) is 3.49. The number of amides is 1. The summed E-state index contributed by atoms with van der Waals surface area (Å²) in [5.41, 5.74) is 0.717. The average molecular weight is 300 g/mol. The van der Waals surface area contributed by atoms with E-state index in [1.54, 1.807) is 19.1 Å². The summed E-state index contributed by atoms with van der Waals surface area (Å²) < 4.78 is 0. The molecule has 1 saturated heterocycles. The van der Waals surface area contributed by atoms with Gasteiger partial charge in [-0.05, 0) is 38.4 Å². The van der Waals surface area contributed by atoms with E-state index in [-0.39, 0.29) is 35.5 Å². The standard InChI is InChI=1S/C14H21N3O2.ClH/c1-3-8-17(11-6-7-15-9-11)14(19)12-5-4-10(2)16-13(12)18;/h4-5,11,15H,3,6-9H2,1-2H3,(H,16,18);1H. The molecule has 1 aromatic heterocycles. The Balaban J connectivity index is 0.00000200. The van der Waals surface area contributed by atoms with Gasteiger partial charge in [-0.25, -0.2) is 0 Å². The number of rotatable bonds is 4. The molecular weight excluding hydrogens is 278 g/mol. The van der Waals surface area contributed by atoms with Gasteiger partial charge in [0.05, 0.1) is 0 Å². The first-order chi connectivity index (χ1) is 9.13. The average Bonchev–Trinajstić information content (AvgIpc) is 2.89. The van der Waals surface area contributed by atoms with E-state index in [0.29, 0.717) is 6.54 Å². The molecule has 6 heteroatoms. The zero-order valence-corrected chi connectivity index (χ0v) is 12.8. The molecule has 0 aromatic carbocycles. The Morgan fingerprint density at radius 1 is 1.45 bits per heavy atom. The predicted molar refractivity (Wildman–Crippen MR) is 81.6 cm³/mol. The molecule has 5 nitrogen and oxygen atoms in total. The minimum atomic E-state index is -0.294. The first-order valence-corrected chi connectivity index (χ1v) is 6.85. The van der Waals surface area contributed by atoms with Gasteiger partial charge in [0, 0.05) is 24.8 Å². The molecule has 1 aromatic rings. The summed E-state index contributed by atoms with van der Waals surface area (Å²) in [4.78, 5) is 28.9. The van der Waals surface area contributed by atoms with Crippen molar-refractivity contribution < 1.29 is 4.79 Å². The van der Waals surface area contributed by atoms with Crippen molar-refractivity contribution in [2.45, 2.75) is 32.7 Å². The summed E-state index contributed by atoms with van der Waals surface area (Å²) in [5.74, 6) is -0.156. The van der Waals surface area contributed by atoms with Crippen LogP contribution < -0.4 is 10.9 Å². The van der Waals surface area contributed by atoms with Gasteiger partial charge in [0.2, 0.25) is 0 Å². The Morgan fingerprint density at radius 3 is 2.75 bits per heavy atom. The largest absolute Gasteiger partial charge is 0.334 e. The highest BCUT2D eigenvalue weighted by Crippen LogP contribution is 2.12. The Morgan fingerprint density at radius 2 is 2.20 bits per heavy atom. The van der Waals surface area contributed by atoms with Crippen LogP contribution in [-0.2, 0) is 0 Å². The minimum Gasteiger partial charge on any atom is -0.334 e. The van der Waals surface area contributed by atoms with Crippen LogP contribution in [0.4, 0.5) is 0 Å². The Bertz CT molecular complexity index is 509. The number of hydrogen-bond donors (Lipinski definition) is 2. The third kappa shape index (κ3) is 3.61. The number of hydrogen-bond acceptors (Lipinski definition) is 3. The zero-order chi connectivity index (χ0) is 13.8. The zero-order valence-electron chi connectivity index (χ0n) is 11.9. The minimum absolute atomic E-state index is 0. The fourth-order valence-electron chi connectivity index (χ4n) is 2.49. The van der Waals surface area contributed by atoms with E-state index in [9.17, 15) is 9.59 Å². The molecule has 0 saturated carbocycles. The van der Waals surface area contributed by atoms with Gasteiger partial charge in [-0.2, -0.15) is 0 Å². The summed E-state index contributed by atoms with van der Waals surface area (Å²) in [5, 5.41) is 3.26. The molecular formula is C14H22ClN3O2. The maximum Gasteiger partial charge on any atom is 0.260 e. The molecule has 0 bridgehead atoms.